The maximum atomic E-state index is 12.6. The number of carboxylic acid groups (broad SMARTS) is 1. The van der Waals surface area contributed by atoms with Crippen molar-refractivity contribution in [3.05, 3.63) is 35.9 Å². The normalized spacial score (nSPS) is 15.5. The van der Waals surface area contributed by atoms with Crippen LogP contribution in [0.1, 0.15) is 37.7 Å². The molecule has 132 valence electrons. The predicted octanol–water partition coefficient (Wildman–Crippen LogP) is 2.74. The van der Waals surface area contributed by atoms with Gasteiger partial charge in [-0.25, -0.2) is 0 Å². The zero-order valence-corrected chi connectivity index (χ0v) is 14.4. The molecule has 1 N–H and O–H groups in total. The van der Waals surface area contributed by atoms with Crippen LogP contribution in [0, 0.1) is 5.41 Å². The summed E-state index contributed by atoms with van der Waals surface area (Å²) in [6.07, 6.45) is 3.98. The third-order valence-corrected chi connectivity index (χ3v) is 4.91. The van der Waals surface area contributed by atoms with Gasteiger partial charge in [-0.2, -0.15) is 0 Å². The maximum absolute atomic E-state index is 12.6. The van der Waals surface area contributed by atoms with Crippen LogP contribution < -0.4 is 0 Å². The molecule has 0 aliphatic heterocycles. The number of aliphatic carboxylic acids is 1. The van der Waals surface area contributed by atoms with E-state index < -0.39 is 11.4 Å². The Kier molecular flexibility index (Phi) is 6.79. The lowest BCUT2D eigenvalue weighted by Crippen LogP contribution is -2.44. The first kappa shape index (κ1) is 18.5. The Labute approximate surface area is 143 Å². The topological polar surface area (TPSA) is 66.8 Å². The number of hydrogen-bond acceptors (Lipinski definition) is 3. The van der Waals surface area contributed by atoms with Gasteiger partial charge in [0.2, 0.25) is 5.91 Å². The number of rotatable bonds is 10. The molecule has 0 bridgehead atoms. The third kappa shape index (κ3) is 4.81. The SMILES string of the molecule is COCCN(CCCc1ccccc1)C(=O)CC1(C(=O)O)CCC1. The molecule has 0 atom stereocenters. The van der Waals surface area contributed by atoms with Crippen molar-refractivity contribution in [2.75, 3.05) is 26.8 Å². The Bertz CT molecular complexity index is 540. The summed E-state index contributed by atoms with van der Waals surface area (Å²) in [5.74, 6) is -0.903. The number of carbonyl (C=O) groups excluding carboxylic acids is 1. The Morgan fingerprint density at radius 3 is 2.46 bits per heavy atom. The van der Waals surface area contributed by atoms with E-state index in [1.54, 1.807) is 12.0 Å². The van der Waals surface area contributed by atoms with Crippen LogP contribution in [-0.2, 0) is 20.7 Å². The molecular weight excluding hydrogens is 306 g/mol. The van der Waals surface area contributed by atoms with E-state index in [2.05, 4.69) is 12.1 Å². The summed E-state index contributed by atoms with van der Waals surface area (Å²) in [4.78, 5) is 25.9. The number of amides is 1. The van der Waals surface area contributed by atoms with Gasteiger partial charge in [0.1, 0.15) is 0 Å². The molecular formula is C19H27NO4. The van der Waals surface area contributed by atoms with Crippen LogP contribution in [0.4, 0.5) is 0 Å². The lowest BCUT2D eigenvalue weighted by molar-refractivity contribution is -0.159. The van der Waals surface area contributed by atoms with Gasteiger partial charge < -0.3 is 14.7 Å². The fraction of sp³-hybridized carbons (Fsp3) is 0.579. The van der Waals surface area contributed by atoms with Gasteiger partial charge in [-0.05, 0) is 31.2 Å². The van der Waals surface area contributed by atoms with Crippen LogP contribution in [0.2, 0.25) is 0 Å². The number of methoxy groups -OCH3 is 1. The molecule has 24 heavy (non-hydrogen) atoms. The Morgan fingerprint density at radius 1 is 1.21 bits per heavy atom. The third-order valence-electron chi connectivity index (χ3n) is 4.91. The number of hydrogen-bond donors (Lipinski definition) is 1. The van der Waals surface area contributed by atoms with E-state index in [9.17, 15) is 14.7 Å². The van der Waals surface area contributed by atoms with Crippen LogP contribution in [0.3, 0.4) is 0 Å². The number of nitrogens with zero attached hydrogens (tertiary/aromatic N) is 1. The Morgan fingerprint density at radius 2 is 1.92 bits per heavy atom. The first-order valence-electron chi connectivity index (χ1n) is 8.61. The molecule has 5 nitrogen and oxygen atoms in total. The molecule has 0 radical (unpaired) electrons. The highest BCUT2D eigenvalue weighted by Crippen LogP contribution is 2.44. The lowest BCUT2D eigenvalue weighted by Gasteiger charge is -2.38. The molecule has 1 aromatic rings. The summed E-state index contributed by atoms with van der Waals surface area (Å²) in [7, 11) is 1.61. The van der Waals surface area contributed by atoms with Gasteiger partial charge in [0.05, 0.1) is 12.0 Å². The van der Waals surface area contributed by atoms with E-state index in [1.807, 2.05) is 18.2 Å². The van der Waals surface area contributed by atoms with Crippen molar-refractivity contribution < 1.29 is 19.4 Å². The highest BCUT2D eigenvalue weighted by Gasteiger charge is 2.46. The number of aryl methyl sites for hydroxylation is 1. The molecule has 1 aliphatic rings. The number of ether oxygens (including phenoxy) is 1. The zero-order valence-electron chi connectivity index (χ0n) is 14.4. The quantitative estimate of drug-likeness (QED) is 0.715. The van der Waals surface area contributed by atoms with Gasteiger partial charge in [-0.15, -0.1) is 0 Å². The Balaban J connectivity index is 1.89. The van der Waals surface area contributed by atoms with Gasteiger partial charge in [0.25, 0.3) is 0 Å². The predicted molar refractivity (Wildman–Crippen MR) is 91.8 cm³/mol. The lowest BCUT2D eigenvalue weighted by atomic mass is 9.66. The molecule has 1 saturated carbocycles. The molecule has 0 aromatic heterocycles. The fourth-order valence-corrected chi connectivity index (χ4v) is 3.15. The van der Waals surface area contributed by atoms with Gasteiger partial charge in [0, 0.05) is 26.6 Å². The van der Waals surface area contributed by atoms with E-state index in [0.29, 0.717) is 32.5 Å². The molecule has 1 aliphatic carbocycles. The minimum absolute atomic E-state index is 0.0674. The highest BCUT2D eigenvalue weighted by atomic mass is 16.5. The van der Waals surface area contributed by atoms with E-state index in [4.69, 9.17) is 4.74 Å². The second-order valence-electron chi connectivity index (χ2n) is 6.58. The van der Waals surface area contributed by atoms with Crippen molar-refractivity contribution >= 4 is 11.9 Å². The van der Waals surface area contributed by atoms with Crippen molar-refractivity contribution in [3.63, 3.8) is 0 Å². The molecule has 0 saturated heterocycles. The second-order valence-corrected chi connectivity index (χ2v) is 6.58. The van der Waals surface area contributed by atoms with Gasteiger partial charge in [0.15, 0.2) is 0 Å². The molecule has 0 spiro atoms. The number of carboxylic acids is 1. The second kappa shape index (κ2) is 8.83. The average Bonchev–Trinajstić information content (AvgIpc) is 2.54. The summed E-state index contributed by atoms with van der Waals surface area (Å²) >= 11 is 0. The molecule has 0 unspecified atom stereocenters. The van der Waals surface area contributed by atoms with Crippen LogP contribution >= 0.6 is 0 Å². The van der Waals surface area contributed by atoms with E-state index in [-0.39, 0.29) is 12.3 Å². The van der Waals surface area contributed by atoms with Crippen molar-refractivity contribution in [1.29, 1.82) is 0 Å². The fourth-order valence-electron chi connectivity index (χ4n) is 3.15. The minimum Gasteiger partial charge on any atom is -0.481 e. The van der Waals surface area contributed by atoms with Crippen LogP contribution in [0.25, 0.3) is 0 Å². The van der Waals surface area contributed by atoms with E-state index in [1.165, 1.54) is 5.56 Å². The van der Waals surface area contributed by atoms with Crippen molar-refractivity contribution in [2.24, 2.45) is 5.41 Å². The first-order chi connectivity index (χ1) is 11.6. The van der Waals surface area contributed by atoms with E-state index >= 15 is 0 Å². The van der Waals surface area contributed by atoms with Gasteiger partial charge in [-0.1, -0.05) is 36.8 Å². The monoisotopic (exact) mass is 333 g/mol. The van der Waals surface area contributed by atoms with Crippen LogP contribution in [0.15, 0.2) is 30.3 Å². The molecule has 0 heterocycles. The average molecular weight is 333 g/mol. The molecule has 2 rings (SSSR count). The van der Waals surface area contributed by atoms with Crippen molar-refractivity contribution in [3.8, 4) is 0 Å². The summed E-state index contributed by atoms with van der Waals surface area (Å²) < 4.78 is 5.09. The molecule has 1 fully saturated rings. The minimum atomic E-state index is -0.835. The van der Waals surface area contributed by atoms with Gasteiger partial charge in [-0.3, -0.25) is 9.59 Å². The van der Waals surface area contributed by atoms with Crippen LogP contribution in [0.5, 0.6) is 0 Å². The summed E-state index contributed by atoms with van der Waals surface area (Å²) in [5.41, 5.74) is 0.416. The van der Waals surface area contributed by atoms with Crippen LogP contribution in [-0.4, -0.2) is 48.7 Å². The standard InChI is InChI=1S/C19H27NO4/c1-24-14-13-20(12-5-9-16-7-3-2-4-8-16)17(21)15-19(18(22)23)10-6-11-19/h2-4,7-8H,5-6,9-15H2,1H3,(H,22,23). The smallest absolute Gasteiger partial charge is 0.310 e. The summed E-state index contributed by atoms with van der Waals surface area (Å²) in [6.45, 7) is 1.61. The van der Waals surface area contributed by atoms with Crippen molar-refractivity contribution in [2.45, 2.75) is 38.5 Å². The summed E-state index contributed by atoms with van der Waals surface area (Å²) in [6, 6.07) is 10.2. The highest BCUT2D eigenvalue weighted by molar-refractivity contribution is 5.85. The number of benzene rings is 1. The number of carbonyl (C=O) groups is 2. The van der Waals surface area contributed by atoms with Gasteiger partial charge >= 0.3 is 5.97 Å². The molecule has 5 heteroatoms. The largest absolute Gasteiger partial charge is 0.481 e. The first-order valence-corrected chi connectivity index (χ1v) is 8.61. The van der Waals surface area contributed by atoms with E-state index in [0.717, 1.165) is 19.3 Å². The molecule has 1 aromatic carbocycles. The Hall–Kier alpha value is -1.88. The van der Waals surface area contributed by atoms with Crippen molar-refractivity contribution in [1.82, 2.24) is 4.90 Å². The maximum Gasteiger partial charge on any atom is 0.310 e. The summed E-state index contributed by atoms with van der Waals surface area (Å²) in [5, 5.41) is 9.42. The zero-order chi connectivity index (χ0) is 17.4. The molecule has 1 amide bonds.